The van der Waals surface area contributed by atoms with Gasteiger partial charge in [0, 0.05) is 29.5 Å². The highest BCUT2D eigenvalue weighted by atomic mass is 79.9. The Hall–Kier alpha value is -1.18. The number of carbonyl (C=O) groups is 2. The Balaban J connectivity index is 0.00000288. The fraction of sp³-hybridized carbons (Fsp3) is 0.500. The van der Waals surface area contributed by atoms with Gasteiger partial charge in [-0.15, -0.1) is 12.4 Å². The maximum atomic E-state index is 13.2. The molecule has 24 heavy (non-hydrogen) atoms. The number of carbonyl (C=O) groups excluding carboxylic acids is 2. The lowest BCUT2D eigenvalue weighted by atomic mass is 10.0. The van der Waals surface area contributed by atoms with Crippen molar-refractivity contribution in [2.24, 2.45) is 0 Å². The van der Waals surface area contributed by atoms with Crippen molar-refractivity contribution in [2.45, 2.75) is 38.3 Å². The minimum Gasteiger partial charge on any atom is -0.353 e. The van der Waals surface area contributed by atoms with Crippen molar-refractivity contribution in [3.05, 3.63) is 34.1 Å². The lowest BCUT2D eigenvalue weighted by molar-refractivity contribution is -0.121. The number of hydrogen-bond acceptors (Lipinski definition) is 3. The summed E-state index contributed by atoms with van der Waals surface area (Å²) < 4.78 is 13.7. The fourth-order valence-electron chi connectivity index (χ4n) is 2.62. The van der Waals surface area contributed by atoms with Crippen LogP contribution >= 0.6 is 28.3 Å². The van der Waals surface area contributed by atoms with E-state index in [2.05, 4.69) is 38.8 Å². The molecule has 2 unspecified atom stereocenters. The van der Waals surface area contributed by atoms with Crippen molar-refractivity contribution in [3.63, 3.8) is 0 Å². The molecule has 5 nitrogen and oxygen atoms in total. The summed E-state index contributed by atoms with van der Waals surface area (Å²) >= 11 is 3.21. The Labute approximate surface area is 155 Å². The van der Waals surface area contributed by atoms with Crippen LogP contribution in [0.25, 0.3) is 0 Å². The Morgan fingerprint density at radius 1 is 1.42 bits per heavy atom. The third-order valence-corrected chi connectivity index (χ3v) is 4.49. The summed E-state index contributed by atoms with van der Waals surface area (Å²) in [6, 6.07) is 4.50. The normalized spacial score (nSPS) is 20.0. The summed E-state index contributed by atoms with van der Waals surface area (Å²) in [6.45, 7) is 3.21. The molecular formula is C16H22BrClFN3O2. The van der Waals surface area contributed by atoms with E-state index in [9.17, 15) is 14.0 Å². The first kappa shape index (κ1) is 20.9. The molecule has 1 aromatic carbocycles. The van der Waals surface area contributed by atoms with Crippen LogP contribution in [0.2, 0.25) is 0 Å². The average Bonchev–Trinajstić information content (AvgIpc) is 2.49. The molecule has 0 saturated carbocycles. The lowest BCUT2D eigenvalue weighted by Gasteiger charge is -2.28. The molecule has 0 radical (unpaired) electrons. The van der Waals surface area contributed by atoms with Gasteiger partial charge in [0.25, 0.3) is 5.91 Å². The molecule has 3 N–H and O–H groups in total. The van der Waals surface area contributed by atoms with E-state index in [-0.39, 0.29) is 42.9 Å². The number of rotatable bonds is 5. The van der Waals surface area contributed by atoms with Crippen LogP contribution in [0.4, 0.5) is 4.39 Å². The highest BCUT2D eigenvalue weighted by Crippen LogP contribution is 2.17. The molecule has 0 bridgehead atoms. The van der Waals surface area contributed by atoms with Crippen LogP contribution < -0.4 is 16.0 Å². The fourth-order valence-corrected chi connectivity index (χ4v) is 3.05. The molecule has 1 aromatic rings. The number of hydrogen-bond donors (Lipinski definition) is 3. The van der Waals surface area contributed by atoms with Gasteiger partial charge < -0.3 is 16.0 Å². The second-order valence-corrected chi connectivity index (χ2v) is 6.63. The predicted molar refractivity (Wildman–Crippen MR) is 96.9 cm³/mol. The van der Waals surface area contributed by atoms with Gasteiger partial charge in [-0.25, -0.2) is 4.39 Å². The zero-order chi connectivity index (χ0) is 16.8. The maximum Gasteiger partial charge on any atom is 0.252 e. The molecule has 8 heteroatoms. The van der Waals surface area contributed by atoms with E-state index in [0.717, 1.165) is 25.5 Å². The summed E-state index contributed by atoms with van der Waals surface area (Å²) in [5.41, 5.74) is 0.220. The topological polar surface area (TPSA) is 70.2 Å². The third kappa shape index (κ3) is 6.37. The average molecular weight is 423 g/mol. The second-order valence-electron chi connectivity index (χ2n) is 5.77. The molecule has 0 aromatic heterocycles. The Bertz CT molecular complexity index is 588. The van der Waals surface area contributed by atoms with Gasteiger partial charge in [-0.3, -0.25) is 9.59 Å². The van der Waals surface area contributed by atoms with Gasteiger partial charge in [-0.1, -0.05) is 0 Å². The van der Waals surface area contributed by atoms with Crippen LogP contribution in [0.1, 0.15) is 36.5 Å². The molecular weight excluding hydrogens is 401 g/mol. The van der Waals surface area contributed by atoms with Gasteiger partial charge in [0.15, 0.2) is 0 Å². The molecule has 2 rings (SSSR count). The third-order valence-electron chi connectivity index (χ3n) is 3.80. The van der Waals surface area contributed by atoms with Crippen LogP contribution in [0.3, 0.4) is 0 Å². The molecule has 1 saturated heterocycles. The SMILES string of the molecule is CC1CC(NC(=O)CCNC(=O)c2cc(F)ccc2Br)CCN1.Cl. The standard InChI is InChI=1S/C16H21BrFN3O2.ClH/c1-10-8-12(4-6-19-10)21-15(22)5-7-20-16(23)13-9-11(18)2-3-14(13)17;/h2-3,9-10,12,19H,4-8H2,1H3,(H,20,23)(H,21,22);1H. The van der Waals surface area contributed by atoms with E-state index in [1.165, 1.54) is 12.1 Å². The Morgan fingerprint density at radius 2 is 2.17 bits per heavy atom. The Kier molecular flexibility index (Phi) is 8.66. The zero-order valence-electron chi connectivity index (χ0n) is 13.4. The van der Waals surface area contributed by atoms with E-state index in [0.29, 0.717) is 10.5 Å². The van der Waals surface area contributed by atoms with Crippen LogP contribution in [0.5, 0.6) is 0 Å². The van der Waals surface area contributed by atoms with E-state index >= 15 is 0 Å². The van der Waals surface area contributed by atoms with Gasteiger partial charge in [-0.05, 0) is 60.4 Å². The number of nitrogens with one attached hydrogen (secondary N) is 3. The molecule has 134 valence electrons. The van der Waals surface area contributed by atoms with Gasteiger partial charge in [0.05, 0.1) is 5.56 Å². The largest absolute Gasteiger partial charge is 0.353 e. The summed E-state index contributed by atoms with van der Waals surface area (Å²) in [6.07, 6.45) is 2.03. The monoisotopic (exact) mass is 421 g/mol. The first-order valence-corrected chi connectivity index (χ1v) is 8.51. The van der Waals surface area contributed by atoms with E-state index < -0.39 is 11.7 Å². The lowest BCUT2D eigenvalue weighted by Crippen LogP contribution is -2.47. The molecule has 1 aliphatic heterocycles. The summed E-state index contributed by atoms with van der Waals surface area (Å²) in [5, 5.41) is 8.95. The molecule has 0 spiro atoms. The van der Waals surface area contributed by atoms with E-state index in [1.54, 1.807) is 0 Å². The number of amides is 2. The smallest absolute Gasteiger partial charge is 0.252 e. The van der Waals surface area contributed by atoms with Crippen molar-refractivity contribution in [1.82, 2.24) is 16.0 Å². The van der Waals surface area contributed by atoms with Gasteiger partial charge >= 0.3 is 0 Å². The van der Waals surface area contributed by atoms with Crippen molar-refractivity contribution in [1.29, 1.82) is 0 Å². The number of halogens is 3. The van der Waals surface area contributed by atoms with Gasteiger partial charge in [-0.2, -0.15) is 0 Å². The summed E-state index contributed by atoms with van der Waals surface area (Å²) in [4.78, 5) is 23.9. The minimum absolute atomic E-state index is 0. The first-order valence-electron chi connectivity index (χ1n) is 7.71. The summed E-state index contributed by atoms with van der Waals surface area (Å²) in [5.74, 6) is -0.960. The van der Waals surface area contributed by atoms with Crippen LogP contribution in [0, 0.1) is 5.82 Å². The molecule has 2 amide bonds. The van der Waals surface area contributed by atoms with Crippen molar-refractivity contribution in [3.8, 4) is 0 Å². The first-order chi connectivity index (χ1) is 11.0. The van der Waals surface area contributed by atoms with Gasteiger partial charge in [0.2, 0.25) is 5.91 Å². The maximum absolute atomic E-state index is 13.2. The molecule has 0 aliphatic carbocycles. The Morgan fingerprint density at radius 3 is 2.88 bits per heavy atom. The van der Waals surface area contributed by atoms with Crippen LogP contribution in [0.15, 0.2) is 22.7 Å². The van der Waals surface area contributed by atoms with E-state index in [4.69, 9.17) is 0 Å². The molecule has 1 heterocycles. The highest BCUT2D eigenvalue weighted by molar-refractivity contribution is 9.10. The molecule has 1 aliphatic rings. The summed E-state index contributed by atoms with van der Waals surface area (Å²) in [7, 11) is 0. The van der Waals surface area contributed by atoms with E-state index in [1.807, 2.05) is 0 Å². The minimum atomic E-state index is -0.476. The quantitative estimate of drug-likeness (QED) is 0.682. The van der Waals surface area contributed by atoms with Crippen molar-refractivity contribution >= 4 is 40.2 Å². The second kappa shape index (κ2) is 9.96. The van der Waals surface area contributed by atoms with Crippen molar-refractivity contribution in [2.75, 3.05) is 13.1 Å². The number of benzene rings is 1. The molecule has 2 atom stereocenters. The predicted octanol–water partition coefficient (Wildman–Crippen LogP) is 2.39. The highest BCUT2D eigenvalue weighted by Gasteiger charge is 2.19. The van der Waals surface area contributed by atoms with Crippen LogP contribution in [-0.2, 0) is 4.79 Å². The van der Waals surface area contributed by atoms with Crippen molar-refractivity contribution < 1.29 is 14.0 Å². The number of piperidine rings is 1. The van der Waals surface area contributed by atoms with Crippen LogP contribution in [-0.4, -0.2) is 37.0 Å². The molecule has 1 fully saturated rings. The zero-order valence-corrected chi connectivity index (χ0v) is 15.8. The van der Waals surface area contributed by atoms with Gasteiger partial charge in [0.1, 0.15) is 5.82 Å².